The van der Waals surface area contributed by atoms with E-state index in [-0.39, 0.29) is 12.7 Å². The molecule has 0 spiro atoms. The summed E-state index contributed by atoms with van der Waals surface area (Å²) in [4.78, 5) is 5.05. The Balaban J connectivity index is 2.34. The molecule has 5 heteroatoms. The molecule has 86 valence electrons. The molecule has 0 aromatic heterocycles. The Morgan fingerprint density at radius 1 is 1.62 bits per heavy atom. The summed E-state index contributed by atoms with van der Waals surface area (Å²) < 4.78 is 5.22. The van der Waals surface area contributed by atoms with Crippen LogP contribution in [0.2, 0.25) is 5.02 Å². The predicted molar refractivity (Wildman–Crippen MR) is 61.1 cm³/mol. The van der Waals surface area contributed by atoms with Crippen molar-refractivity contribution in [3.8, 4) is 5.75 Å². The second-order valence-corrected chi connectivity index (χ2v) is 3.88. The van der Waals surface area contributed by atoms with Crippen molar-refractivity contribution in [2.75, 3.05) is 13.7 Å². The molecule has 16 heavy (non-hydrogen) atoms. The minimum Gasteiger partial charge on any atom is -0.496 e. The second-order valence-electron chi connectivity index (χ2n) is 3.47. The van der Waals surface area contributed by atoms with Crippen LogP contribution in [-0.4, -0.2) is 30.6 Å². The molecular weight excluding hydrogens is 230 g/mol. The third-order valence-electron chi connectivity index (χ3n) is 2.42. The second kappa shape index (κ2) is 4.72. The molecule has 4 nitrogen and oxygen atoms in total. The summed E-state index contributed by atoms with van der Waals surface area (Å²) in [6.07, 6.45) is 0.257. The maximum atomic E-state index is 8.96. The van der Waals surface area contributed by atoms with Gasteiger partial charge in [-0.1, -0.05) is 22.8 Å². The van der Waals surface area contributed by atoms with E-state index in [4.69, 9.17) is 26.3 Å². The van der Waals surface area contributed by atoms with Crippen molar-refractivity contribution < 1.29 is 14.7 Å². The number of hydrogen-bond donors (Lipinski definition) is 1. The van der Waals surface area contributed by atoms with Gasteiger partial charge in [0.2, 0.25) is 0 Å². The fourth-order valence-corrected chi connectivity index (χ4v) is 1.90. The molecule has 0 fully saturated rings. The average molecular weight is 242 g/mol. The molecule has 1 N–H and O–H groups in total. The van der Waals surface area contributed by atoms with E-state index in [1.807, 2.05) is 12.1 Å². The van der Waals surface area contributed by atoms with Gasteiger partial charge in [-0.05, 0) is 12.1 Å². The molecule has 0 radical (unpaired) electrons. The highest BCUT2D eigenvalue weighted by Gasteiger charge is 2.25. The average Bonchev–Trinajstić information content (AvgIpc) is 2.76. The van der Waals surface area contributed by atoms with E-state index in [1.54, 1.807) is 13.2 Å². The molecule has 0 saturated carbocycles. The number of ether oxygens (including phenoxy) is 1. The van der Waals surface area contributed by atoms with Crippen molar-refractivity contribution in [3.05, 3.63) is 28.8 Å². The first-order chi connectivity index (χ1) is 7.76. The monoisotopic (exact) mass is 241 g/mol. The Kier molecular flexibility index (Phi) is 3.31. The summed E-state index contributed by atoms with van der Waals surface area (Å²) in [7, 11) is 1.58. The first-order valence-corrected chi connectivity index (χ1v) is 5.30. The Labute approximate surface area is 98.4 Å². The van der Waals surface area contributed by atoms with Crippen molar-refractivity contribution in [3.63, 3.8) is 0 Å². The van der Waals surface area contributed by atoms with Gasteiger partial charge < -0.3 is 14.7 Å². The topological polar surface area (TPSA) is 51.0 Å². The smallest absolute Gasteiger partial charge is 0.156 e. The largest absolute Gasteiger partial charge is 0.496 e. The SMILES string of the molecule is COc1cccc(Cl)c1C1=NOC(CO)C1. The van der Waals surface area contributed by atoms with Crippen molar-refractivity contribution in [1.82, 2.24) is 0 Å². The normalized spacial score (nSPS) is 19.2. The molecule has 1 aliphatic rings. The summed E-state index contributed by atoms with van der Waals surface area (Å²) in [5, 5.41) is 13.5. The molecule has 0 bridgehead atoms. The van der Waals surface area contributed by atoms with Gasteiger partial charge in [-0.25, -0.2) is 0 Å². The third-order valence-corrected chi connectivity index (χ3v) is 2.74. The number of methoxy groups -OCH3 is 1. The van der Waals surface area contributed by atoms with Crippen LogP contribution in [0.1, 0.15) is 12.0 Å². The first kappa shape index (κ1) is 11.2. The van der Waals surface area contributed by atoms with Gasteiger partial charge in [0.05, 0.1) is 30.0 Å². The van der Waals surface area contributed by atoms with E-state index in [2.05, 4.69) is 5.16 Å². The van der Waals surface area contributed by atoms with Crippen molar-refractivity contribution in [2.45, 2.75) is 12.5 Å². The summed E-state index contributed by atoms with van der Waals surface area (Å²) in [6, 6.07) is 5.40. The number of nitrogens with zero attached hydrogens (tertiary/aromatic N) is 1. The van der Waals surface area contributed by atoms with Crippen LogP contribution in [0, 0.1) is 0 Å². The minimum absolute atomic E-state index is 0.0558. The van der Waals surface area contributed by atoms with E-state index in [0.29, 0.717) is 22.9 Å². The highest BCUT2D eigenvalue weighted by atomic mass is 35.5. The van der Waals surface area contributed by atoms with Crippen LogP contribution in [0.25, 0.3) is 0 Å². The molecule has 1 heterocycles. The van der Waals surface area contributed by atoms with E-state index < -0.39 is 0 Å². The van der Waals surface area contributed by atoms with Crippen molar-refractivity contribution >= 4 is 17.3 Å². The highest BCUT2D eigenvalue weighted by Crippen LogP contribution is 2.30. The van der Waals surface area contributed by atoms with Gasteiger partial charge in [0.1, 0.15) is 5.75 Å². The Hall–Kier alpha value is -1.26. The van der Waals surface area contributed by atoms with Gasteiger partial charge in [0, 0.05) is 6.42 Å². The summed E-state index contributed by atoms with van der Waals surface area (Å²) in [5.74, 6) is 0.661. The molecule has 1 unspecified atom stereocenters. The Bertz CT molecular complexity index is 420. The molecule has 1 aromatic rings. The van der Waals surface area contributed by atoms with Gasteiger partial charge in [-0.2, -0.15) is 0 Å². The van der Waals surface area contributed by atoms with Crippen LogP contribution in [0.15, 0.2) is 23.4 Å². The maximum absolute atomic E-state index is 8.96. The molecule has 2 rings (SSSR count). The Morgan fingerprint density at radius 3 is 3.06 bits per heavy atom. The van der Waals surface area contributed by atoms with Crippen molar-refractivity contribution in [2.24, 2.45) is 5.16 Å². The molecule has 1 atom stereocenters. The fourth-order valence-electron chi connectivity index (χ4n) is 1.63. The standard InChI is InChI=1S/C11H12ClNO3/c1-15-10-4-2-3-8(12)11(10)9-5-7(6-14)16-13-9/h2-4,7,14H,5-6H2,1H3. The van der Waals surface area contributed by atoms with Crippen LogP contribution in [-0.2, 0) is 4.84 Å². The van der Waals surface area contributed by atoms with Gasteiger partial charge in [-0.15, -0.1) is 0 Å². The van der Waals surface area contributed by atoms with E-state index in [1.165, 1.54) is 0 Å². The zero-order valence-corrected chi connectivity index (χ0v) is 9.57. The molecular formula is C11H12ClNO3. The molecule has 1 aromatic carbocycles. The van der Waals surface area contributed by atoms with Gasteiger partial charge >= 0.3 is 0 Å². The van der Waals surface area contributed by atoms with Crippen LogP contribution in [0.4, 0.5) is 0 Å². The van der Waals surface area contributed by atoms with E-state index in [9.17, 15) is 0 Å². The molecule has 0 aliphatic carbocycles. The fraction of sp³-hybridized carbons (Fsp3) is 0.364. The summed E-state index contributed by atoms with van der Waals surface area (Å²) in [6.45, 7) is -0.0558. The van der Waals surface area contributed by atoms with Crippen LogP contribution in [0.5, 0.6) is 5.75 Å². The third kappa shape index (κ3) is 1.99. The zero-order chi connectivity index (χ0) is 11.5. The molecule has 0 saturated heterocycles. The lowest BCUT2D eigenvalue weighted by Gasteiger charge is -2.09. The Morgan fingerprint density at radius 2 is 2.44 bits per heavy atom. The number of aliphatic hydroxyl groups is 1. The summed E-state index contributed by atoms with van der Waals surface area (Å²) >= 11 is 6.10. The number of halogens is 1. The number of oxime groups is 1. The first-order valence-electron chi connectivity index (χ1n) is 4.92. The van der Waals surface area contributed by atoms with Crippen LogP contribution in [0.3, 0.4) is 0 Å². The van der Waals surface area contributed by atoms with Crippen LogP contribution < -0.4 is 4.74 Å². The maximum Gasteiger partial charge on any atom is 0.156 e. The highest BCUT2D eigenvalue weighted by molar-refractivity contribution is 6.34. The van der Waals surface area contributed by atoms with Crippen LogP contribution >= 0.6 is 11.6 Å². The van der Waals surface area contributed by atoms with Gasteiger partial charge in [0.15, 0.2) is 6.10 Å². The van der Waals surface area contributed by atoms with Gasteiger partial charge in [0.25, 0.3) is 0 Å². The lowest BCUT2D eigenvalue weighted by Crippen LogP contribution is -2.13. The predicted octanol–water partition coefficient (Wildman–Crippen LogP) is 1.83. The quantitative estimate of drug-likeness (QED) is 0.879. The number of benzene rings is 1. The zero-order valence-electron chi connectivity index (χ0n) is 8.81. The van der Waals surface area contributed by atoms with E-state index in [0.717, 1.165) is 5.56 Å². The lowest BCUT2D eigenvalue weighted by atomic mass is 10.0. The number of aliphatic hydroxyl groups excluding tert-OH is 1. The summed E-state index contributed by atoms with van der Waals surface area (Å²) in [5.41, 5.74) is 1.45. The minimum atomic E-state index is -0.282. The van der Waals surface area contributed by atoms with E-state index >= 15 is 0 Å². The van der Waals surface area contributed by atoms with Crippen molar-refractivity contribution in [1.29, 1.82) is 0 Å². The van der Waals surface area contributed by atoms with Gasteiger partial charge in [-0.3, -0.25) is 0 Å². The lowest BCUT2D eigenvalue weighted by molar-refractivity contribution is 0.0390. The number of rotatable bonds is 3. The molecule has 1 aliphatic heterocycles. The molecule has 0 amide bonds. The number of hydrogen-bond acceptors (Lipinski definition) is 4.